The fraction of sp³-hybridized carbons (Fsp3) is 0.800. The Morgan fingerprint density at radius 2 is 1.12 bits per heavy atom. The van der Waals surface area contributed by atoms with Crippen molar-refractivity contribution >= 4 is 11.9 Å². The van der Waals surface area contributed by atoms with Crippen LogP contribution in [0.15, 0.2) is 0 Å². The molecule has 0 fully saturated rings. The van der Waals surface area contributed by atoms with E-state index in [4.69, 9.17) is 0 Å². The molecular weight excluding hydrogens is 212 g/mol. The van der Waals surface area contributed by atoms with Gasteiger partial charge in [0.05, 0.1) is 11.9 Å². The second kappa shape index (κ2) is 8.06. The molecule has 0 amide bonds. The van der Waals surface area contributed by atoms with Crippen molar-refractivity contribution in [1.29, 1.82) is 0 Å². The summed E-state index contributed by atoms with van der Waals surface area (Å²) in [6, 6.07) is -1.30. The molecule has 0 aromatic heterocycles. The molecule has 0 rings (SSSR count). The van der Waals surface area contributed by atoms with Crippen LogP contribution in [0.2, 0.25) is 0 Å². The van der Waals surface area contributed by atoms with Crippen molar-refractivity contribution in [2.24, 2.45) is 0 Å². The molecule has 6 N–H and O–H groups in total. The first kappa shape index (κ1) is 14.9. The van der Waals surface area contributed by atoms with E-state index in [-0.39, 0.29) is 0 Å². The van der Waals surface area contributed by atoms with Crippen LogP contribution in [0, 0.1) is 0 Å². The first-order chi connectivity index (χ1) is 7.45. The first-order valence-corrected chi connectivity index (χ1v) is 5.53. The zero-order valence-corrected chi connectivity index (χ0v) is 9.44. The molecule has 0 aliphatic heterocycles. The van der Waals surface area contributed by atoms with Gasteiger partial charge in [0.2, 0.25) is 0 Å². The molecule has 0 heterocycles. The second-order valence-electron chi connectivity index (χ2n) is 4.02. The highest BCUT2D eigenvalue weighted by molar-refractivity contribution is 5.69. The van der Waals surface area contributed by atoms with Gasteiger partial charge < -0.3 is 31.3 Å². The van der Waals surface area contributed by atoms with Gasteiger partial charge in [0.25, 0.3) is 0 Å². The Labute approximate surface area is 94.6 Å². The van der Waals surface area contributed by atoms with Crippen LogP contribution in [0.4, 0.5) is 0 Å². The summed E-state index contributed by atoms with van der Waals surface area (Å²) < 4.78 is 0. The van der Waals surface area contributed by atoms with E-state index >= 15 is 0 Å². The predicted octanol–water partition coefficient (Wildman–Crippen LogP) is -3.95. The summed E-state index contributed by atoms with van der Waals surface area (Å²) in [6.45, 7) is 0. The topological polar surface area (TPSA) is 136 Å². The maximum atomic E-state index is 10.3. The summed E-state index contributed by atoms with van der Waals surface area (Å²) >= 11 is 0. The third-order valence-electron chi connectivity index (χ3n) is 2.52. The Kier molecular flexibility index (Phi) is 7.49. The minimum Gasteiger partial charge on any atom is -0.544 e. The largest absolute Gasteiger partial charge is 0.544 e. The molecule has 0 unspecified atom stereocenters. The van der Waals surface area contributed by atoms with Crippen LogP contribution in [0.5, 0.6) is 0 Å². The minimum absolute atomic E-state index is 0.511. The first-order valence-electron chi connectivity index (χ1n) is 5.53. The molecule has 6 heteroatoms. The molecule has 0 spiro atoms. The number of carbonyl (C=O) groups is 2. The van der Waals surface area contributed by atoms with Gasteiger partial charge in [-0.3, -0.25) is 0 Å². The maximum absolute atomic E-state index is 10.3. The number of aliphatic carboxylic acids is 2. The van der Waals surface area contributed by atoms with E-state index in [0.717, 1.165) is 25.7 Å². The zero-order valence-electron chi connectivity index (χ0n) is 9.44. The van der Waals surface area contributed by atoms with Crippen LogP contribution in [-0.2, 0) is 9.59 Å². The molecule has 0 saturated heterocycles. The van der Waals surface area contributed by atoms with E-state index in [9.17, 15) is 19.8 Å². The summed E-state index contributed by atoms with van der Waals surface area (Å²) in [4.78, 5) is 20.7. The van der Waals surface area contributed by atoms with Gasteiger partial charge >= 0.3 is 0 Å². The Balaban J connectivity index is 3.34. The van der Waals surface area contributed by atoms with Crippen LogP contribution < -0.4 is 21.7 Å². The summed E-state index contributed by atoms with van der Waals surface area (Å²) in [7, 11) is 0. The van der Waals surface area contributed by atoms with Crippen LogP contribution in [0.1, 0.15) is 38.5 Å². The molecule has 16 heavy (non-hydrogen) atoms. The second-order valence-corrected chi connectivity index (χ2v) is 4.02. The highest BCUT2D eigenvalue weighted by Crippen LogP contribution is 2.06. The summed E-state index contributed by atoms with van der Waals surface area (Å²) in [6.07, 6.45) is 4.32. The molecular formula is C10H20N2O4. The normalized spacial score (nSPS) is 14.4. The van der Waals surface area contributed by atoms with Gasteiger partial charge in [-0.1, -0.05) is 12.8 Å². The van der Waals surface area contributed by atoms with E-state index in [0.29, 0.717) is 12.8 Å². The van der Waals surface area contributed by atoms with Crippen LogP contribution >= 0.6 is 0 Å². The minimum atomic E-state index is -1.12. The fourth-order valence-corrected chi connectivity index (χ4v) is 1.37. The quantitative estimate of drug-likeness (QED) is 0.392. The third-order valence-corrected chi connectivity index (χ3v) is 2.52. The summed E-state index contributed by atoms with van der Waals surface area (Å²) in [5, 5.41) is 20.7. The number of carboxylic acid groups (broad SMARTS) is 2. The van der Waals surface area contributed by atoms with E-state index in [1.54, 1.807) is 0 Å². The predicted molar refractivity (Wildman–Crippen MR) is 51.1 cm³/mol. The van der Waals surface area contributed by atoms with Crippen LogP contribution in [-0.4, -0.2) is 24.0 Å². The molecule has 0 radical (unpaired) electrons. The maximum Gasteiger partial charge on any atom is 0.124 e. The monoisotopic (exact) mass is 232 g/mol. The number of quaternary nitrogens is 2. The standard InChI is InChI=1S/C10H20N2O4/c11-7(9(13)14)5-3-1-2-4-6-8(12)10(15)16/h7-8H,1-6,11-12H2,(H,13,14)(H,15,16)/t7-,8+. The molecule has 0 bridgehead atoms. The van der Waals surface area contributed by atoms with Crippen molar-refractivity contribution in [3.8, 4) is 0 Å². The Hall–Kier alpha value is -1.14. The Morgan fingerprint density at radius 3 is 1.38 bits per heavy atom. The zero-order chi connectivity index (χ0) is 12.6. The van der Waals surface area contributed by atoms with Gasteiger partial charge in [-0.15, -0.1) is 0 Å². The number of hydrogen-bond donors (Lipinski definition) is 2. The number of rotatable bonds is 9. The number of carboxylic acids is 2. The van der Waals surface area contributed by atoms with Crippen molar-refractivity contribution in [3.63, 3.8) is 0 Å². The number of hydrogen-bond acceptors (Lipinski definition) is 4. The van der Waals surface area contributed by atoms with Crippen molar-refractivity contribution < 1.29 is 31.3 Å². The van der Waals surface area contributed by atoms with Gasteiger partial charge in [0.15, 0.2) is 0 Å². The molecule has 0 aliphatic rings. The molecule has 0 aromatic carbocycles. The highest BCUT2D eigenvalue weighted by atomic mass is 16.4. The Bertz CT molecular complexity index is 209. The number of carbonyl (C=O) groups excluding carboxylic acids is 2. The smallest absolute Gasteiger partial charge is 0.124 e. The van der Waals surface area contributed by atoms with Gasteiger partial charge in [0.1, 0.15) is 12.1 Å². The van der Waals surface area contributed by atoms with Crippen molar-refractivity contribution in [2.45, 2.75) is 50.6 Å². The average Bonchev–Trinajstić information content (AvgIpc) is 2.21. The van der Waals surface area contributed by atoms with Gasteiger partial charge in [-0.25, -0.2) is 0 Å². The van der Waals surface area contributed by atoms with Crippen molar-refractivity contribution in [2.75, 3.05) is 0 Å². The average molecular weight is 232 g/mol. The van der Waals surface area contributed by atoms with E-state index in [2.05, 4.69) is 11.5 Å². The number of unbranched alkanes of at least 4 members (excludes halogenated alkanes) is 3. The summed E-state index contributed by atoms with van der Waals surface area (Å²) in [5.74, 6) is -2.23. The molecule has 94 valence electrons. The molecule has 0 saturated carbocycles. The van der Waals surface area contributed by atoms with E-state index < -0.39 is 24.0 Å². The van der Waals surface area contributed by atoms with E-state index in [1.807, 2.05) is 0 Å². The lowest BCUT2D eigenvalue weighted by Gasteiger charge is -2.10. The molecule has 2 atom stereocenters. The van der Waals surface area contributed by atoms with Crippen LogP contribution in [0.25, 0.3) is 0 Å². The summed E-state index contributed by atoms with van der Waals surface area (Å²) in [5.41, 5.74) is 6.90. The van der Waals surface area contributed by atoms with Crippen LogP contribution in [0.3, 0.4) is 0 Å². The highest BCUT2D eigenvalue weighted by Gasteiger charge is 2.08. The van der Waals surface area contributed by atoms with Gasteiger partial charge in [-0.2, -0.15) is 0 Å². The van der Waals surface area contributed by atoms with Gasteiger partial charge in [0, 0.05) is 12.8 Å². The van der Waals surface area contributed by atoms with Crippen molar-refractivity contribution in [1.82, 2.24) is 0 Å². The third kappa shape index (κ3) is 7.19. The molecule has 0 aliphatic carbocycles. The molecule has 6 nitrogen and oxygen atoms in total. The lowest BCUT2D eigenvalue weighted by molar-refractivity contribution is -0.439. The Morgan fingerprint density at radius 1 is 0.812 bits per heavy atom. The SMILES string of the molecule is [NH3+][C@H](CCCCCC[C@H]([NH3+])C(=O)[O-])C(=O)[O-]. The molecule has 0 aromatic rings. The lowest BCUT2D eigenvalue weighted by Crippen LogP contribution is -2.68. The lowest BCUT2D eigenvalue weighted by atomic mass is 10.0. The fourth-order valence-electron chi connectivity index (χ4n) is 1.37. The van der Waals surface area contributed by atoms with Crippen molar-refractivity contribution in [3.05, 3.63) is 0 Å². The van der Waals surface area contributed by atoms with Gasteiger partial charge in [-0.05, 0) is 12.8 Å². The van der Waals surface area contributed by atoms with E-state index in [1.165, 1.54) is 0 Å².